The number of esters is 3. The van der Waals surface area contributed by atoms with Crippen molar-refractivity contribution in [1.82, 2.24) is 0 Å². The number of para-hydroxylation sites is 1. The van der Waals surface area contributed by atoms with Crippen LogP contribution < -0.4 is 23.7 Å². The van der Waals surface area contributed by atoms with Crippen molar-refractivity contribution < 1.29 is 42.8 Å². The standard InChI is InChI=1S/C27H19NO9/c1-15(29)35-22-10-7-17(12-23(22)32-2)25-28-19(27(31)37-25)11-16-5-3-4-6-20(16)36-26(30)18-8-9-21-24(13-18)34-14-33-21/h3-13H,14H2,1-2H3/b19-11-. The number of nitrogens with zero attached hydrogens (tertiary/aromatic N) is 1. The van der Waals surface area contributed by atoms with Gasteiger partial charge in [0, 0.05) is 18.1 Å². The molecular weight excluding hydrogens is 482 g/mol. The van der Waals surface area contributed by atoms with Crippen molar-refractivity contribution in [2.24, 2.45) is 4.99 Å². The smallest absolute Gasteiger partial charge is 0.363 e. The van der Waals surface area contributed by atoms with Crippen LogP contribution in [0.15, 0.2) is 71.4 Å². The highest BCUT2D eigenvalue weighted by Gasteiger charge is 2.26. The molecule has 0 amide bonds. The van der Waals surface area contributed by atoms with Crippen LogP contribution in [0.3, 0.4) is 0 Å². The Balaban J connectivity index is 1.40. The molecule has 0 fully saturated rings. The molecule has 3 aromatic rings. The van der Waals surface area contributed by atoms with E-state index in [1.165, 1.54) is 38.3 Å². The lowest BCUT2D eigenvalue weighted by Crippen LogP contribution is -2.09. The Morgan fingerprint density at radius 1 is 0.919 bits per heavy atom. The van der Waals surface area contributed by atoms with Crippen molar-refractivity contribution in [3.63, 3.8) is 0 Å². The molecule has 2 heterocycles. The number of methoxy groups -OCH3 is 1. The van der Waals surface area contributed by atoms with Crippen molar-refractivity contribution in [3.8, 4) is 28.7 Å². The molecule has 186 valence electrons. The molecule has 0 aliphatic carbocycles. The Morgan fingerprint density at radius 3 is 2.54 bits per heavy atom. The third kappa shape index (κ3) is 4.98. The van der Waals surface area contributed by atoms with E-state index in [2.05, 4.69) is 4.99 Å². The van der Waals surface area contributed by atoms with E-state index in [-0.39, 0.29) is 41.2 Å². The van der Waals surface area contributed by atoms with Gasteiger partial charge >= 0.3 is 17.9 Å². The second-order valence-corrected chi connectivity index (χ2v) is 7.79. The van der Waals surface area contributed by atoms with E-state index in [4.69, 9.17) is 28.4 Å². The van der Waals surface area contributed by atoms with E-state index in [1.54, 1.807) is 42.5 Å². The number of fused-ring (bicyclic) bond motifs is 1. The minimum absolute atomic E-state index is 0.00427. The summed E-state index contributed by atoms with van der Waals surface area (Å²) in [5.41, 5.74) is 1.16. The second kappa shape index (κ2) is 9.86. The van der Waals surface area contributed by atoms with Crippen molar-refractivity contribution in [1.29, 1.82) is 0 Å². The lowest BCUT2D eigenvalue weighted by molar-refractivity contribution is -0.132. The summed E-state index contributed by atoms with van der Waals surface area (Å²) in [6, 6.07) is 16.1. The molecule has 0 spiro atoms. The van der Waals surface area contributed by atoms with Gasteiger partial charge in [0.15, 0.2) is 28.7 Å². The van der Waals surface area contributed by atoms with Crippen LogP contribution in [0.5, 0.6) is 28.7 Å². The van der Waals surface area contributed by atoms with Crippen LogP contribution in [0.2, 0.25) is 0 Å². The molecule has 0 N–H and O–H groups in total. The van der Waals surface area contributed by atoms with Crippen LogP contribution in [0.1, 0.15) is 28.4 Å². The number of rotatable bonds is 6. The fourth-order valence-electron chi connectivity index (χ4n) is 3.59. The summed E-state index contributed by atoms with van der Waals surface area (Å²) in [5.74, 6) is -0.0368. The topological polar surface area (TPSA) is 119 Å². The fraction of sp³-hybridized carbons (Fsp3) is 0.111. The van der Waals surface area contributed by atoms with Crippen LogP contribution in [0.25, 0.3) is 6.08 Å². The number of ether oxygens (including phenoxy) is 6. The van der Waals surface area contributed by atoms with Crippen LogP contribution in [0, 0.1) is 0 Å². The monoisotopic (exact) mass is 501 g/mol. The summed E-state index contributed by atoms with van der Waals surface area (Å²) in [7, 11) is 1.42. The minimum atomic E-state index is -0.685. The molecular formula is C27H19NO9. The summed E-state index contributed by atoms with van der Waals surface area (Å²) in [4.78, 5) is 40.9. The van der Waals surface area contributed by atoms with Gasteiger partial charge in [-0.05, 0) is 48.5 Å². The third-order valence-corrected chi connectivity index (χ3v) is 5.31. The number of aliphatic imine (C=N–C) groups is 1. The summed E-state index contributed by atoms with van der Waals surface area (Å²) in [6.07, 6.45) is 1.46. The van der Waals surface area contributed by atoms with Crippen molar-refractivity contribution in [3.05, 3.63) is 83.1 Å². The van der Waals surface area contributed by atoms with E-state index < -0.39 is 17.9 Å². The average molecular weight is 501 g/mol. The molecule has 0 unspecified atom stereocenters. The van der Waals surface area contributed by atoms with Crippen molar-refractivity contribution in [2.75, 3.05) is 13.9 Å². The largest absolute Gasteiger partial charge is 0.493 e. The van der Waals surface area contributed by atoms with Gasteiger partial charge in [-0.2, -0.15) is 0 Å². The summed E-state index contributed by atoms with van der Waals surface area (Å²) in [6.45, 7) is 1.36. The maximum atomic E-state index is 12.8. The maximum Gasteiger partial charge on any atom is 0.363 e. The Morgan fingerprint density at radius 2 is 1.73 bits per heavy atom. The first-order chi connectivity index (χ1) is 17.9. The molecule has 10 nitrogen and oxygen atoms in total. The summed E-state index contributed by atoms with van der Waals surface area (Å²) < 4.78 is 31.8. The van der Waals surface area contributed by atoms with E-state index in [9.17, 15) is 14.4 Å². The van der Waals surface area contributed by atoms with E-state index in [0.717, 1.165) is 0 Å². The van der Waals surface area contributed by atoms with Crippen LogP contribution >= 0.6 is 0 Å². The molecule has 0 bridgehead atoms. The molecule has 10 heteroatoms. The van der Waals surface area contributed by atoms with Gasteiger partial charge in [0.1, 0.15) is 5.75 Å². The molecule has 37 heavy (non-hydrogen) atoms. The fourth-order valence-corrected chi connectivity index (χ4v) is 3.59. The van der Waals surface area contributed by atoms with Gasteiger partial charge in [-0.1, -0.05) is 18.2 Å². The molecule has 2 aliphatic rings. The Bertz CT molecular complexity index is 1490. The van der Waals surface area contributed by atoms with Gasteiger partial charge in [0.05, 0.1) is 12.7 Å². The maximum absolute atomic E-state index is 12.8. The van der Waals surface area contributed by atoms with E-state index >= 15 is 0 Å². The first kappa shape index (κ1) is 23.6. The molecule has 0 saturated carbocycles. The number of cyclic esters (lactones) is 1. The molecule has 5 rings (SSSR count). The van der Waals surface area contributed by atoms with E-state index in [1.807, 2.05) is 0 Å². The van der Waals surface area contributed by atoms with Crippen LogP contribution in [0.4, 0.5) is 0 Å². The third-order valence-electron chi connectivity index (χ3n) is 5.31. The van der Waals surface area contributed by atoms with E-state index in [0.29, 0.717) is 22.6 Å². The molecule has 0 aromatic heterocycles. The highest BCUT2D eigenvalue weighted by atomic mass is 16.7. The zero-order valence-corrected chi connectivity index (χ0v) is 19.7. The first-order valence-electron chi connectivity index (χ1n) is 11.0. The summed E-state index contributed by atoms with van der Waals surface area (Å²) >= 11 is 0. The summed E-state index contributed by atoms with van der Waals surface area (Å²) in [5, 5.41) is 0. The SMILES string of the molecule is COc1cc(C2=N/C(=C\c3ccccc3OC(=O)c3ccc4c(c3)OCO4)C(=O)O2)ccc1OC(C)=O. The quantitative estimate of drug-likeness (QED) is 0.281. The number of benzene rings is 3. The molecule has 0 radical (unpaired) electrons. The lowest BCUT2D eigenvalue weighted by atomic mass is 10.1. The zero-order valence-electron chi connectivity index (χ0n) is 19.7. The predicted octanol–water partition coefficient (Wildman–Crippen LogP) is 3.91. The number of carbonyl (C=O) groups is 3. The van der Waals surface area contributed by atoms with Crippen molar-refractivity contribution >= 4 is 29.9 Å². The number of hydrogen-bond donors (Lipinski definition) is 0. The van der Waals surface area contributed by atoms with Gasteiger partial charge in [-0.15, -0.1) is 0 Å². The second-order valence-electron chi connectivity index (χ2n) is 7.79. The van der Waals surface area contributed by atoms with Gasteiger partial charge in [-0.3, -0.25) is 4.79 Å². The Kier molecular flexibility index (Phi) is 6.29. The zero-order chi connectivity index (χ0) is 25.9. The Hall–Kier alpha value is -5.12. The average Bonchev–Trinajstić information content (AvgIpc) is 3.51. The van der Waals surface area contributed by atoms with Crippen LogP contribution in [-0.4, -0.2) is 37.7 Å². The molecule has 3 aromatic carbocycles. The first-order valence-corrected chi connectivity index (χ1v) is 11.0. The lowest BCUT2D eigenvalue weighted by Gasteiger charge is -2.09. The van der Waals surface area contributed by atoms with Crippen LogP contribution in [-0.2, 0) is 14.3 Å². The number of hydrogen-bond acceptors (Lipinski definition) is 10. The van der Waals surface area contributed by atoms with Gasteiger partial charge < -0.3 is 28.4 Å². The number of carbonyl (C=O) groups excluding carboxylic acids is 3. The van der Waals surface area contributed by atoms with Gasteiger partial charge in [0.2, 0.25) is 12.7 Å². The van der Waals surface area contributed by atoms with Crippen molar-refractivity contribution in [2.45, 2.75) is 6.92 Å². The molecule has 0 atom stereocenters. The predicted molar refractivity (Wildman–Crippen MR) is 129 cm³/mol. The highest BCUT2D eigenvalue weighted by molar-refractivity contribution is 6.13. The Labute approximate surface area is 210 Å². The molecule has 2 aliphatic heterocycles. The van der Waals surface area contributed by atoms with Gasteiger partial charge in [-0.25, -0.2) is 14.6 Å². The minimum Gasteiger partial charge on any atom is -0.493 e. The highest BCUT2D eigenvalue weighted by Crippen LogP contribution is 2.34. The van der Waals surface area contributed by atoms with Gasteiger partial charge in [0.25, 0.3) is 0 Å². The molecule has 0 saturated heterocycles. The normalized spacial score (nSPS) is 14.7.